The zero-order chi connectivity index (χ0) is 19.6. The van der Waals surface area contributed by atoms with Gasteiger partial charge in [0.15, 0.2) is 6.10 Å². The van der Waals surface area contributed by atoms with Gasteiger partial charge in [0.1, 0.15) is 12.6 Å². The van der Waals surface area contributed by atoms with Crippen LogP contribution in [0.15, 0.2) is 0 Å². The molecule has 144 valence electrons. The van der Waals surface area contributed by atoms with Crippen LogP contribution in [0.25, 0.3) is 0 Å². The monoisotopic (exact) mass is 375 g/mol. The van der Waals surface area contributed by atoms with Crippen LogP contribution in [0.5, 0.6) is 0 Å². The number of aliphatic carboxylic acids is 1. The van der Waals surface area contributed by atoms with Crippen molar-refractivity contribution in [3.63, 3.8) is 0 Å². The summed E-state index contributed by atoms with van der Waals surface area (Å²) in [5.74, 6) is -1.39. The van der Waals surface area contributed by atoms with Gasteiger partial charge in [-0.15, -0.1) is 0 Å². The fourth-order valence-corrected chi connectivity index (χ4v) is 1.78. The van der Waals surface area contributed by atoms with E-state index < -0.39 is 45.2 Å². The van der Waals surface area contributed by atoms with Crippen molar-refractivity contribution < 1.29 is 53.0 Å². The standard InChI is InChI=1S/C9H17NO4.C3H9O6P/c1-7(11)14-8(5-9(12)13)6-10(2,3)4;4-1-3(5)2-9-10(6,7)8/h8H,5-6H2,1-4H3;3-5H,1-2H2,(H2,6,7,8)/t8-;/m1./s1. The number of carbonyl (C=O) groups excluding carboxylic acids is 1. The van der Waals surface area contributed by atoms with Gasteiger partial charge in [-0.3, -0.25) is 14.2 Å². The highest BCUT2D eigenvalue weighted by Gasteiger charge is 2.23. The number of rotatable bonds is 9. The molecule has 4 N–H and O–H groups in total. The van der Waals surface area contributed by atoms with Crippen LogP contribution in [0, 0.1) is 0 Å². The Morgan fingerprint density at radius 3 is 2.08 bits per heavy atom. The number of carboxylic acid groups (broad SMARTS) is 1. The summed E-state index contributed by atoms with van der Waals surface area (Å²) in [6.45, 7) is 0.532. The van der Waals surface area contributed by atoms with Gasteiger partial charge in [0.2, 0.25) is 0 Å². The quantitative estimate of drug-likeness (QED) is 0.199. The summed E-state index contributed by atoms with van der Waals surface area (Å²) in [5, 5.41) is 25.2. The molecule has 0 aliphatic rings. The molecule has 0 aromatic carbocycles. The van der Waals surface area contributed by atoms with Crippen LogP contribution in [0.4, 0.5) is 0 Å². The van der Waals surface area contributed by atoms with E-state index in [1.54, 1.807) is 0 Å². The number of aliphatic hydroxyl groups is 2. The third-order valence-electron chi connectivity index (χ3n) is 2.13. The van der Waals surface area contributed by atoms with E-state index in [4.69, 9.17) is 24.9 Å². The minimum absolute atomic E-state index is 0.144. The van der Waals surface area contributed by atoms with Gasteiger partial charge >= 0.3 is 11.9 Å². The molecule has 0 saturated heterocycles. The lowest BCUT2D eigenvalue weighted by Crippen LogP contribution is -2.43. The van der Waals surface area contributed by atoms with E-state index in [0.29, 0.717) is 11.0 Å². The average Bonchev–Trinajstić information content (AvgIpc) is 2.31. The molecule has 11 nitrogen and oxygen atoms in total. The molecule has 0 heterocycles. The SMILES string of the molecule is CC(=O)O[C@H](CC(=O)O)C[N+](C)(C)C.O=P([O-])(O)OCC(O)CO. The molecule has 0 aromatic rings. The van der Waals surface area contributed by atoms with E-state index in [1.807, 2.05) is 21.1 Å². The van der Waals surface area contributed by atoms with Gasteiger partial charge in [0.25, 0.3) is 7.82 Å². The number of likely N-dealkylation sites (N-methyl/N-ethyl adjacent to an activating group) is 1. The maximum absolute atomic E-state index is 10.7. The molecule has 2 unspecified atom stereocenters. The molecule has 0 radical (unpaired) electrons. The molecule has 0 aliphatic carbocycles. The molecular weight excluding hydrogens is 349 g/mol. The van der Waals surface area contributed by atoms with Crippen LogP contribution >= 0.6 is 7.82 Å². The Labute approximate surface area is 140 Å². The Morgan fingerprint density at radius 1 is 1.29 bits per heavy atom. The molecule has 0 rings (SSSR count). The summed E-state index contributed by atoms with van der Waals surface area (Å²) in [5.41, 5.74) is 0. The van der Waals surface area contributed by atoms with Crippen molar-refractivity contribution in [2.24, 2.45) is 0 Å². The maximum Gasteiger partial charge on any atom is 0.307 e. The summed E-state index contributed by atoms with van der Waals surface area (Å²) in [7, 11) is 0.991. The number of esters is 1. The predicted octanol–water partition coefficient (Wildman–Crippen LogP) is -2.08. The zero-order valence-corrected chi connectivity index (χ0v) is 15.0. The third kappa shape index (κ3) is 20.9. The smallest absolute Gasteiger partial charge is 0.307 e. The second-order valence-corrected chi connectivity index (χ2v) is 7.10. The molecule has 0 fully saturated rings. The molecule has 24 heavy (non-hydrogen) atoms. The number of phosphoric ester groups is 1. The number of carbonyl (C=O) groups is 2. The third-order valence-corrected chi connectivity index (χ3v) is 2.60. The van der Waals surface area contributed by atoms with Crippen molar-refractivity contribution in [3.8, 4) is 0 Å². The van der Waals surface area contributed by atoms with Crippen LogP contribution in [0.1, 0.15) is 13.3 Å². The predicted molar refractivity (Wildman–Crippen MR) is 79.6 cm³/mol. The number of ether oxygens (including phenoxy) is 1. The minimum atomic E-state index is -4.75. The first-order valence-corrected chi connectivity index (χ1v) is 8.32. The van der Waals surface area contributed by atoms with Crippen LogP contribution in [-0.2, 0) is 23.4 Å². The van der Waals surface area contributed by atoms with Gasteiger partial charge in [-0.2, -0.15) is 0 Å². The summed E-state index contributed by atoms with van der Waals surface area (Å²) in [6, 6.07) is 0. The molecule has 0 aliphatic heterocycles. The number of carboxylic acids is 1. The van der Waals surface area contributed by atoms with E-state index in [0.717, 1.165) is 0 Å². The number of nitrogens with zero attached hydrogens (tertiary/aromatic N) is 1. The topological polar surface area (TPSA) is 174 Å². The highest BCUT2D eigenvalue weighted by atomic mass is 31.2. The number of aliphatic hydroxyl groups excluding tert-OH is 2. The highest BCUT2D eigenvalue weighted by Crippen LogP contribution is 2.29. The zero-order valence-electron chi connectivity index (χ0n) is 14.1. The Balaban J connectivity index is 0. The van der Waals surface area contributed by atoms with Gasteiger partial charge in [0, 0.05) is 6.92 Å². The fourth-order valence-electron chi connectivity index (χ4n) is 1.42. The van der Waals surface area contributed by atoms with Gasteiger partial charge in [-0.05, 0) is 0 Å². The van der Waals surface area contributed by atoms with E-state index >= 15 is 0 Å². The van der Waals surface area contributed by atoms with Gasteiger partial charge in [0.05, 0.1) is 40.8 Å². The average molecular weight is 375 g/mol. The Kier molecular flexibility index (Phi) is 12.0. The normalized spacial score (nSPS) is 16.2. The van der Waals surface area contributed by atoms with Gasteiger partial charge in [-0.25, -0.2) is 0 Å². The molecule has 0 saturated carbocycles. The lowest BCUT2D eigenvalue weighted by molar-refractivity contribution is -0.873. The maximum atomic E-state index is 10.7. The molecule has 3 atom stereocenters. The number of hydrogen-bond donors (Lipinski definition) is 4. The van der Waals surface area contributed by atoms with E-state index in [-0.39, 0.29) is 6.42 Å². The molecule has 0 amide bonds. The second-order valence-electron chi connectivity index (χ2n) is 5.90. The first-order valence-electron chi connectivity index (χ1n) is 6.83. The highest BCUT2D eigenvalue weighted by molar-refractivity contribution is 7.44. The molecule has 0 bridgehead atoms. The van der Waals surface area contributed by atoms with Crippen molar-refractivity contribution in [2.45, 2.75) is 25.6 Å². The van der Waals surface area contributed by atoms with Crippen molar-refractivity contribution in [1.82, 2.24) is 0 Å². The number of quaternary nitrogens is 1. The summed E-state index contributed by atoms with van der Waals surface area (Å²) < 4.78 is 19.0. The number of phosphoric acid groups is 1. The van der Waals surface area contributed by atoms with E-state index in [2.05, 4.69) is 4.52 Å². The second kappa shape index (κ2) is 11.5. The van der Waals surface area contributed by atoms with E-state index in [1.165, 1.54) is 6.92 Å². The largest absolute Gasteiger partial charge is 0.756 e. The minimum Gasteiger partial charge on any atom is -0.756 e. The Hall–Kier alpha value is -1.07. The molecule has 0 aromatic heterocycles. The lowest BCUT2D eigenvalue weighted by Gasteiger charge is -2.28. The van der Waals surface area contributed by atoms with Gasteiger partial charge < -0.3 is 38.9 Å². The van der Waals surface area contributed by atoms with Crippen LogP contribution in [-0.4, -0.2) is 89.7 Å². The van der Waals surface area contributed by atoms with Crippen LogP contribution in [0.2, 0.25) is 0 Å². The first kappa shape index (κ1) is 25.2. The van der Waals surface area contributed by atoms with Crippen molar-refractivity contribution in [1.29, 1.82) is 0 Å². The van der Waals surface area contributed by atoms with E-state index in [9.17, 15) is 19.0 Å². The Bertz CT molecular complexity index is 414. The lowest BCUT2D eigenvalue weighted by atomic mass is 10.2. The van der Waals surface area contributed by atoms with Gasteiger partial charge in [-0.1, -0.05) is 0 Å². The Morgan fingerprint density at radius 2 is 1.79 bits per heavy atom. The summed E-state index contributed by atoms with van der Waals surface area (Å²) >= 11 is 0. The van der Waals surface area contributed by atoms with Crippen molar-refractivity contribution in [3.05, 3.63) is 0 Å². The first-order chi connectivity index (χ1) is 10.7. The van der Waals surface area contributed by atoms with Crippen LogP contribution in [0.3, 0.4) is 0 Å². The summed E-state index contributed by atoms with van der Waals surface area (Å²) in [6.07, 6.45) is -1.98. The fraction of sp³-hybridized carbons (Fsp3) is 0.833. The molecule has 0 spiro atoms. The van der Waals surface area contributed by atoms with Crippen LogP contribution < -0.4 is 4.89 Å². The molecular formula is C12H26NO10P. The van der Waals surface area contributed by atoms with Crippen molar-refractivity contribution in [2.75, 3.05) is 40.9 Å². The van der Waals surface area contributed by atoms with Crippen molar-refractivity contribution >= 4 is 19.8 Å². The molecule has 12 heteroatoms. The number of hydrogen-bond acceptors (Lipinski definition) is 8. The summed E-state index contributed by atoms with van der Waals surface area (Å²) in [4.78, 5) is 38.9.